The summed E-state index contributed by atoms with van der Waals surface area (Å²) in [6.07, 6.45) is 0. The van der Waals surface area contributed by atoms with Crippen molar-refractivity contribution in [1.29, 1.82) is 0 Å². The van der Waals surface area contributed by atoms with Crippen molar-refractivity contribution in [2.75, 3.05) is 0 Å². The van der Waals surface area contributed by atoms with E-state index in [1.54, 1.807) is 0 Å². The second kappa shape index (κ2) is 10.3. The predicted molar refractivity (Wildman–Crippen MR) is 202 cm³/mol. The van der Waals surface area contributed by atoms with E-state index in [-0.39, 0.29) is 0 Å². The predicted octanol–water partition coefficient (Wildman–Crippen LogP) is 10.1. The summed E-state index contributed by atoms with van der Waals surface area (Å²) in [6.45, 7) is 0. The molecule has 0 saturated heterocycles. The van der Waals surface area contributed by atoms with Gasteiger partial charge in [0.15, 0.2) is 0 Å². The first-order valence-corrected chi connectivity index (χ1v) is 17.3. The van der Waals surface area contributed by atoms with Crippen molar-refractivity contribution in [3.8, 4) is 0 Å². The minimum absolute atomic E-state index is 0.959. The van der Waals surface area contributed by atoms with E-state index in [0.717, 1.165) is 59.2 Å². The fourth-order valence-corrected chi connectivity index (χ4v) is 7.75. The van der Waals surface area contributed by atoms with Gasteiger partial charge >= 0.3 is 0 Å². The van der Waals surface area contributed by atoms with Gasteiger partial charge in [-0.3, -0.25) is 0 Å². The van der Waals surface area contributed by atoms with Crippen LogP contribution >= 0.6 is 181 Å². The quantitative estimate of drug-likeness (QED) is 0.221. The number of rotatable bonds is 0. The van der Waals surface area contributed by atoms with Gasteiger partial charge in [-0.15, -0.1) is 0 Å². The van der Waals surface area contributed by atoms with Crippen molar-refractivity contribution < 1.29 is 0 Å². The van der Waals surface area contributed by atoms with E-state index in [1.165, 1.54) is 14.3 Å². The smallest absolute Gasteiger partial charge is 0.0804 e. The Morgan fingerprint density at radius 2 is 0.688 bits per heavy atom. The molecular formula is C20H6I8N4. The number of aromatic nitrogens is 4. The molecular weight excluding hydrogens is 1310 g/mol. The first-order chi connectivity index (χ1) is 15.2. The minimum Gasteiger partial charge on any atom is -0.354 e. The highest BCUT2D eigenvalue weighted by atomic mass is 127. The van der Waals surface area contributed by atoms with E-state index in [0.29, 0.717) is 0 Å². The van der Waals surface area contributed by atoms with Crippen molar-refractivity contribution in [1.82, 2.24) is 19.9 Å². The lowest BCUT2D eigenvalue weighted by Gasteiger charge is -1.93. The molecule has 0 radical (unpaired) electrons. The molecule has 32 heavy (non-hydrogen) atoms. The number of H-pyrrole nitrogens is 2. The maximum absolute atomic E-state index is 4.96. The lowest BCUT2D eigenvalue weighted by molar-refractivity contribution is 1.27. The van der Waals surface area contributed by atoms with Crippen molar-refractivity contribution in [3.05, 3.63) is 61.3 Å². The molecule has 0 aromatic carbocycles. The molecule has 2 N–H and O–H groups in total. The number of aromatic amines is 2. The van der Waals surface area contributed by atoms with E-state index in [9.17, 15) is 0 Å². The molecule has 0 fully saturated rings. The summed E-state index contributed by atoms with van der Waals surface area (Å²) in [4.78, 5) is 17.1. The molecule has 0 saturated carbocycles. The van der Waals surface area contributed by atoms with Crippen molar-refractivity contribution in [2.24, 2.45) is 0 Å². The zero-order chi connectivity index (χ0) is 22.9. The number of hydrogen-bond donors (Lipinski definition) is 2. The molecule has 0 amide bonds. The van der Waals surface area contributed by atoms with Crippen LogP contribution in [-0.4, -0.2) is 19.9 Å². The van der Waals surface area contributed by atoms with Crippen molar-refractivity contribution in [3.63, 3.8) is 0 Å². The summed E-state index contributed by atoms with van der Waals surface area (Å²) in [6, 6.07) is 8.59. The molecule has 0 unspecified atom stereocenters. The molecule has 2 aliphatic heterocycles. The van der Waals surface area contributed by atoms with Crippen LogP contribution in [0.3, 0.4) is 0 Å². The van der Waals surface area contributed by atoms with Crippen LogP contribution in [0.1, 0.15) is 22.8 Å². The van der Waals surface area contributed by atoms with Gasteiger partial charge in [-0.1, -0.05) is 0 Å². The van der Waals surface area contributed by atoms with E-state index >= 15 is 0 Å². The normalized spacial score (nSPS) is 14.0. The Hall–Kier alpha value is 2.44. The van der Waals surface area contributed by atoms with Crippen molar-refractivity contribution >= 4 is 217 Å². The molecule has 3 aromatic rings. The van der Waals surface area contributed by atoms with Crippen LogP contribution < -0.4 is 0 Å². The number of nitrogens with one attached hydrogen (secondary N) is 2. The van der Waals surface area contributed by atoms with Gasteiger partial charge in [-0.05, 0) is 205 Å². The molecule has 5 heterocycles. The van der Waals surface area contributed by atoms with Crippen LogP contribution in [0.2, 0.25) is 0 Å². The Morgan fingerprint density at radius 3 is 1.03 bits per heavy atom. The number of nitrogens with zero attached hydrogens (tertiary/aromatic N) is 2. The molecule has 5 rings (SSSR count). The second-order valence-electron chi connectivity index (χ2n) is 6.76. The average Bonchev–Trinajstić information content (AvgIpc) is 3.37. The maximum Gasteiger partial charge on any atom is 0.0804 e. The third-order valence-corrected chi connectivity index (χ3v) is 17.7. The van der Waals surface area contributed by atoms with Crippen LogP contribution in [-0.2, 0) is 0 Å². The molecule has 12 heteroatoms. The zero-order valence-electron chi connectivity index (χ0n) is 15.2. The van der Waals surface area contributed by atoms with Crippen LogP contribution in [0.25, 0.3) is 36.4 Å². The summed E-state index contributed by atoms with van der Waals surface area (Å²) in [5.41, 5.74) is 8.21. The van der Waals surface area contributed by atoms with Crippen molar-refractivity contribution in [2.45, 2.75) is 0 Å². The molecule has 2 aliphatic rings. The summed E-state index contributed by atoms with van der Waals surface area (Å²) in [7, 11) is 0. The Bertz CT molecular complexity index is 1450. The van der Waals surface area contributed by atoms with Gasteiger partial charge < -0.3 is 9.97 Å². The lowest BCUT2D eigenvalue weighted by atomic mass is 10.3. The summed E-state index contributed by atoms with van der Waals surface area (Å²) < 4.78 is 9.44. The SMILES string of the molecule is IC1=C(I)c2cc3[nH]c(cc4[nH]c(cc5nc(cc1n2)C(I)=C5I)c(I)c4I)c(I)c3I. The first kappa shape index (κ1) is 26.1. The van der Waals surface area contributed by atoms with Gasteiger partial charge in [-0.2, -0.15) is 0 Å². The number of halogens is 8. The highest BCUT2D eigenvalue weighted by Crippen LogP contribution is 2.43. The molecule has 0 aliphatic carbocycles. The highest BCUT2D eigenvalue weighted by Gasteiger charge is 2.21. The Kier molecular flexibility index (Phi) is 8.39. The standard InChI is InChI=1S/C20H6I8N4/c21-13-5-1-6-14(22)16(24)8(30-6)3-10-18(26)20(28)12(32-10)4-11-19(27)17(25)9(31-11)2-7(29-5)15(13)23/h1-4,29-30H. The fraction of sp³-hybridized carbons (Fsp3) is 0. The van der Waals surface area contributed by atoms with Gasteiger partial charge in [0.2, 0.25) is 0 Å². The first-order valence-electron chi connectivity index (χ1n) is 8.72. The van der Waals surface area contributed by atoms with Crippen LogP contribution in [0, 0.1) is 14.3 Å². The highest BCUT2D eigenvalue weighted by molar-refractivity contribution is 14.1. The van der Waals surface area contributed by atoms with E-state index in [4.69, 9.17) is 9.97 Å². The Morgan fingerprint density at radius 1 is 0.406 bits per heavy atom. The van der Waals surface area contributed by atoms with Gasteiger partial charge in [-0.25, -0.2) is 9.97 Å². The third kappa shape index (κ3) is 4.72. The summed E-state index contributed by atoms with van der Waals surface area (Å²) >= 11 is 19.2. The van der Waals surface area contributed by atoms with Crippen LogP contribution in [0.4, 0.5) is 0 Å². The molecule has 162 valence electrons. The summed E-state index contributed by atoms with van der Waals surface area (Å²) in [5, 5.41) is 0. The molecule has 8 bridgehead atoms. The van der Waals surface area contributed by atoms with Gasteiger partial charge in [0.25, 0.3) is 0 Å². The molecule has 3 aromatic heterocycles. The van der Waals surface area contributed by atoms with E-state index in [1.807, 2.05) is 0 Å². The Balaban J connectivity index is 1.99. The largest absolute Gasteiger partial charge is 0.354 e. The van der Waals surface area contributed by atoms with Gasteiger partial charge in [0.1, 0.15) is 0 Å². The number of fused-ring (bicyclic) bond motifs is 8. The fourth-order valence-electron chi connectivity index (χ4n) is 3.22. The maximum atomic E-state index is 4.96. The van der Waals surface area contributed by atoms with Gasteiger partial charge in [0.05, 0.1) is 73.4 Å². The molecule has 0 atom stereocenters. The van der Waals surface area contributed by atoms with Gasteiger partial charge in [0, 0.05) is 0 Å². The monoisotopic (exact) mass is 1320 g/mol. The minimum atomic E-state index is 0.959. The van der Waals surface area contributed by atoms with Crippen LogP contribution in [0.5, 0.6) is 0 Å². The Labute approximate surface area is 292 Å². The summed E-state index contributed by atoms with van der Waals surface area (Å²) in [5.74, 6) is 0. The topological polar surface area (TPSA) is 57.4 Å². The molecule has 0 spiro atoms. The van der Waals surface area contributed by atoms with E-state index < -0.39 is 0 Å². The lowest BCUT2D eigenvalue weighted by Crippen LogP contribution is -1.80. The van der Waals surface area contributed by atoms with Crippen LogP contribution in [0.15, 0.2) is 24.3 Å². The number of hydrogen-bond acceptors (Lipinski definition) is 2. The zero-order valence-corrected chi connectivity index (χ0v) is 32.5. The second-order valence-corrected chi connectivity index (χ2v) is 15.4. The third-order valence-electron chi connectivity index (χ3n) is 4.76. The molecule has 4 nitrogen and oxygen atoms in total. The van der Waals surface area contributed by atoms with E-state index in [2.05, 4.69) is 215 Å². The average molecular weight is 1320 g/mol.